The number of nitriles is 1. The fraction of sp³-hybridized carbons (Fsp3) is 0.381. The van der Waals surface area contributed by atoms with Gasteiger partial charge in [-0.15, -0.1) is 5.10 Å². The molecule has 0 aliphatic carbocycles. The quantitative estimate of drug-likeness (QED) is 0.525. The average molecular weight is 472 g/mol. The summed E-state index contributed by atoms with van der Waals surface area (Å²) in [6, 6.07) is 9.32. The molecule has 2 aromatic heterocycles. The van der Waals surface area contributed by atoms with E-state index in [4.69, 9.17) is 16.3 Å². The monoisotopic (exact) mass is 471 g/mol. The van der Waals surface area contributed by atoms with Gasteiger partial charge in [0.15, 0.2) is 0 Å². The number of hydrogen-bond acceptors (Lipinski definition) is 7. The number of nitrogens with zero attached hydrogens (tertiary/aromatic N) is 6. The van der Waals surface area contributed by atoms with Crippen molar-refractivity contribution in [2.24, 2.45) is 0 Å². The lowest BCUT2D eigenvalue weighted by atomic mass is 10.2. The molecule has 0 radical (unpaired) electrons. The Labute approximate surface area is 194 Å². The van der Waals surface area contributed by atoms with E-state index in [1.807, 2.05) is 18.4 Å². The van der Waals surface area contributed by atoms with E-state index in [2.05, 4.69) is 26.9 Å². The molecule has 1 unspecified atom stereocenters. The molecule has 0 saturated carbocycles. The van der Waals surface area contributed by atoms with Crippen molar-refractivity contribution in [1.82, 2.24) is 24.8 Å². The first-order chi connectivity index (χ1) is 15.5. The van der Waals surface area contributed by atoms with E-state index in [-0.39, 0.29) is 17.8 Å². The minimum absolute atomic E-state index is 0.0843. The lowest BCUT2D eigenvalue weighted by Crippen LogP contribution is -2.22. The number of nitrogens with one attached hydrogen (secondary N) is 1. The highest BCUT2D eigenvalue weighted by molar-refractivity contribution is 7.99. The van der Waals surface area contributed by atoms with Crippen LogP contribution in [-0.4, -0.2) is 49.1 Å². The van der Waals surface area contributed by atoms with Crippen LogP contribution in [0.15, 0.2) is 29.4 Å². The Balaban J connectivity index is 1.48. The first kappa shape index (κ1) is 22.3. The second-order valence-electron chi connectivity index (χ2n) is 7.48. The maximum Gasteiger partial charge on any atom is 0.235 e. The van der Waals surface area contributed by atoms with Crippen LogP contribution >= 0.6 is 23.4 Å². The smallest absolute Gasteiger partial charge is 0.235 e. The zero-order valence-electron chi connectivity index (χ0n) is 17.7. The average Bonchev–Trinajstić information content (AvgIpc) is 3.51. The summed E-state index contributed by atoms with van der Waals surface area (Å²) >= 11 is 7.15. The highest BCUT2D eigenvalue weighted by Gasteiger charge is 2.24. The number of benzene rings is 1. The second-order valence-corrected chi connectivity index (χ2v) is 8.86. The third-order valence-corrected chi connectivity index (χ3v) is 6.62. The van der Waals surface area contributed by atoms with E-state index in [1.54, 1.807) is 28.9 Å². The molecule has 1 aromatic carbocycles. The number of hydrogen-bond donors (Lipinski definition) is 1. The molecule has 9 nitrogen and oxygen atoms in total. The van der Waals surface area contributed by atoms with Crippen LogP contribution in [0, 0.1) is 25.2 Å². The highest BCUT2D eigenvalue weighted by atomic mass is 35.5. The standard InChI is InChI=1S/C21H22ClN7O2S/c1-13-14(2)28(11-17-4-3-9-31-17)20(18(13)10-23)24-19(30)12-32-21-25-26-27-29(21)16-7-5-15(22)6-8-16/h5-8,17H,3-4,9,11-12H2,1-2H3,(H,24,30). The van der Waals surface area contributed by atoms with Crippen LogP contribution in [0.2, 0.25) is 5.02 Å². The minimum Gasteiger partial charge on any atom is -0.376 e. The van der Waals surface area contributed by atoms with Crippen molar-refractivity contribution in [3.8, 4) is 11.8 Å². The van der Waals surface area contributed by atoms with Crippen LogP contribution < -0.4 is 5.32 Å². The molecular weight excluding hydrogens is 450 g/mol. The van der Waals surface area contributed by atoms with Gasteiger partial charge in [0.1, 0.15) is 11.9 Å². The summed E-state index contributed by atoms with van der Waals surface area (Å²) in [5, 5.41) is 25.4. The molecule has 1 amide bonds. The SMILES string of the molecule is Cc1c(C#N)c(NC(=O)CSc2nnnn2-c2ccc(Cl)cc2)n(CC2CCCO2)c1C. The molecule has 1 fully saturated rings. The van der Waals surface area contributed by atoms with Crippen molar-refractivity contribution in [3.05, 3.63) is 46.1 Å². The number of halogens is 1. The number of carbonyl (C=O) groups is 1. The highest BCUT2D eigenvalue weighted by Crippen LogP contribution is 2.29. The molecule has 1 aliphatic heterocycles. The van der Waals surface area contributed by atoms with Gasteiger partial charge in [0.05, 0.1) is 29.7 Å². The summed E-state index contributed by atoms with van der Waals surface area (Å²) in [6.07, 6.45) is 2.08. The second kappa shape index (κ2) is 9.73. The topological polar surface area (TPSA) is 111 Å². The van der Waals surface area contributed by atoms with Crippen LogP contribution in [-0.2, 0) is 16.1 Å². The van der Waals surface area contributed by atoms with Gasteiger partial charge in [-0.05, 0) is 66.9 Å². The fourth-order valence-corrected chi connectivity index (χ4v) is 4.48. The van der Waals surface area contributed by atoms with Gasteiger partial charge in [-0.1, -0.05) is 23.4 Å². The van der Waals surface area contributed by atoms with Gasteiger partial charge < -0.3 is 14.6 Å². The van der Waals surface area contributed by atoms with Gasteiger partial charge >= 0.3 is 0 Å². The Morgan fingerprint density at radius 3 is 2.84 bits per heavy atom. The van der Waals surface area contributed by atoms with Gasteiger partial charge in [-0.3, -0.25) is 4.79 Å². The predicted molar refractivity (Wildman–Crippen MR) is 121 cm³/mol. The molecule has 0 spiro atoms. The summed E-state index contributed by atoms with van der Waals surface area (Å²) in [5.41, 5.74) is 3.03. The molecule has 0 bridgehead atoms. The third kappa shape index (κ3) is 4.65. The number of tetrazole rings is 1. The van der Waals surface area contributed by atoms with Crippen LogP contribution in [0.3, 0.4) is 0 Å². The lowest BCUT2D eigenvalue weighted by Gasteiger charge is -2.16. The van der Waals surface area contributed by atoms with Gasteiger partial charge in [0.2, 0.25) is 11.1 Å². The number of ether oxygens (including phenoxy) is 1. The van der Waals surface area contributed by atoms with Gasteiger partial charge in [-0.25, -0.2) is 0 Å². The Morgan fingerprint density at radius 1 is 1.38 bits per heavy atom. The molecule has 3 heterocycles. The first-order valence-corrected chi connectivity index (χ1v) is 11.5. The number of rotatable bonds is 7. The fourth-order valence-electron chi connectivity index (χ4n) is 3.66. The van der Waals surface area contributed by atoms with E-state index < -0.39 is 0 Å². The summed E-state index contributed by atoms with van der Waals surface area (Å²) in [5.74, 6) is 0.353. The molecule has 166 valence electrons. The normalized spacial score (nSPS) is 15.6. The van der Waals surface area contributed by atoms with E-state index in [0.717, 1.165) is 36.4 Å². The molecular formula is C21H22ClN7O2S. The summed E-state index contributed by atoms with van der Waals surface area (Å²) < 4.78 is 9.28. The summed E-state index contributed by atoms with van der Waals surface area (Å²) in [4.78, 5) is 12.8. The van der Waals surface area contributed by atoms with E-state index in [0.29, 0.717) is 28.1 Å². The molecule has 11 heteroatoms. The van der Waals surface area contributed by atoms with Crippen LogP contribution in [0.4, 0.5) is 5.82 Å². The Bertz CT molecular complexity index is 1160. The van der Waals surface area contributed by atoms with Gasteiger partial charge in [0.25, 0.3) is 0 Å². The minimum atomic E-state index is -0.247. The molecule has 1 saturated heterocycles. The molecule has 3 aromatic rings. The molecule has 1 atom stereocenters. The number of carbonyl (C=O) groups excluding carboxylic acids is 1. The number of thioether (sulfide) groups is 1. The van der Waals surface area contributed by atoms with Crippen molar-refractivity contribution in [2.75, 3.05) is 17.7 Å². The van der Waals surface area contributed by atoms with Crippen molar-refractivity contribution >= 4 is 35.1 Å². The Hall–Kier alpha value is -2.87. The Morgan fingerprint density at radius 2 is 2.16 bits per heavy atom. The van der Waals surface area contributed by atoms with Crippen LogP contribution in [0.25, 0.3) is 5.69 Å². The first-order valence-electron chi connectivity index (χ1n) is 10.2. The largest absolute Gasteiger partial charge is 0.376 e. The van der Waals surface area contributed by atoms with Crippen molar-refractivity contribution in [1.29, 1.82) is 5.26 Å². The van der Waals surface area contributed by atoms with E-state index in [1.165, 1.54) is 11.8 Å². The number of aromatic nitrogens is 5. The lowest BCUT2D eigenvalue weighted by molar-refractivity contribution is -0.113. The van der Waals surface area contributed by atoms with Crippen LogP contribution in [0.1, 0.15) is 29.7 Å². The maximum absolute atomic E-state index is 12.8. The number of amides is 1. The zero-order valence-corrected chi connectivity index (χ0v) is 19.3. The molecule has 32 heavy (non-hydrogen) atoms. The van der Waals surface area contributed by atoms with Crippen molar-refractivity contribution in [3.63, 3.8) is 0 Å². The van der Waals surface area contributed by atoms with Gasteiger partial charge in [-0.2, -0.15) is 9.94 Å². The van der Waals surface area contributed by atoms with E-state index >= 15 is 0 Å². The third-order valence-electron chi connectivity index (χ3n) is 5.45. The summed E-state index contributed by atoms with van der Waals surface area (Å²) in [7, 11) is 0. The molecule has 4 rings (SSSR count). The van der Waals surface area contributed by atoms with Crippen molar-refractivity contribution in [2.45, 2.75) is 44.5 Å². The van der Waals surface area contributed by atoms with Crippen molar-refractivity contribution < 1.29 is 9.53 Å². The van der Waals surface area contributed by atoms with Gasteiger partial charge in [0, 0.05) is 17.3 Å². The molecule has 1 N–H and O–H groups in total. The van der Waals surface area contributed by atoms with Crippen LogP contribution in [0.5, 0.6) is 0 Å². The predicted octanol–water partition coefficient (Wildman–Crippen LogP) is 3.52. The molecule has 1 aliphatic rings. The van der Waals surface area contributed by atoms with E-state index in [9.17, 15) is 10.1 Å². The Kier molecular flexibility index (Phi) is 6.79. The zero-order chi connectivity index (χ0) is 22.7. The summed E-state index contributed by atoms with van der Waals surface area (Å²) in [6.45, 7) is 5.20. The maximum atomic E-state index is 12.8. The number of anilines is 1.